The Bertz CT molecular complexity index is 842. The van der Waals surface area contributed by atoms with Gasteiger partial charge in [0.25, 0.3) is 5.69 Å². The van der Waals surface area contributed by atoms with Crippen molar-refractivity contribution < 1.29 is 14.5 Å². The van der Waals surface area contributed by atoms with E-state index in [4.69, 9.17) is 4.74 Å². The van der Waals surface area contributed by atoms with E-state index in [2.05, 4.69) is 15.4 Å². The molecule has 2 aromatic rings. The van der Waals surface area contributed by atoms with Crippen LogP contribution in [0.25, 0.3) is 0 Å². The number of pyridine rings is 1. The molecule has 10 nitrogen and oxygen atoms in total. The number of carbonyl (C=O) groups excluding carboxylic acids is 1. The highest BCUT2D eigenvalue weighted by atomic mass is 16.6. The number of carbonyl (C=O) groups is 1. The molecule has 0 saturated carbocycles. The first kappa shape index (κ1) is 18.8. The molecule has 3 rings (SSSR count). The van der Waals surface area contributed by atoms with E-state index >= 15 is 0 Å². The molecule has 0 aliphatic carbocycles. The van der Waals surface area contributed by atoms with Gasteiger partial charge in [0, 0.05) is 24.8 Å². The number of nitrogens with one attached hydrogen (secondary N) is 1. The second-order valence-electron chi connectivity index (χ2n) is 6.72. The first-order valence-electron chi connectivity index (χ1n) is 8.65. The number of amides is 1. The third kappa shape index (κ3) is 4.59. The van der Waals surface area contributed by atoms with E-state index < -0.39 is 4.92 Å². The summed E-state index contributed by atoms with van der Waals surface area (Å²) < 4.78 is 7.19. The van der Waals surface area contributed by atoms with Gasteiger partial charge in [0.2, 0.25) is 5.91 Å². The van der Waals surface area contributed by atoms with Gasteiger partial charge >= 0.3 is 0 Å². The van der Waals surface area contributed by atoms with E-state index in [0.717, 1.165) is 0 Å². The quantitative estimate of drug-likeness (QED) is 0.627. The third-order valence-electron chi connectivity index (χ3n) is 4.26. The fourth-order valence-corrected chi connectivity index (χ4v) is 3.09. The van der Waals surface area contributed by atoms with Crippen LogP contribution in [0.2, 0.25) is 0 Å². The SMILES string of the molecule is Cc1cc(Nc2cnn(CC(=O)N3CC(C)OC(C)C3)c2)ncc1[N+](=O)[O-]. The lowest BCUT2D eigenvalue weighted by Crippen LogP contribution is -2.49. The Labute approximate surface area is 156 Å². The molecule has 1 saturated heterocycles. The molecule has 0 aromatic carbocycles. The molecule has 1 amide bonds. The summed E-state index contributed by atoms with van der Waals surface area (Å²) in [6, 6.07) is 1.59. The minimum atomic E-state index is -0.469. The number of morpholine rings is 1. The van der Waals surface area contributed by atoms with E-state index in [1.807, 2.05) is 13.8 Å². The Morgan fingerprint density at radius 3 is 2.70 bits per heavy atom. The topological polar surface area (TPSA) is 115 Å². The number of aromatic nitrogens is 3. The summed E-state index contributed by atoms with van der Waals surface area (Å²) in [6.45, 7) is 6.82. The van der Waals surface area contributed by atoms with Gasteiger partial charge in [-0.15, -0.1) is 0 Å². The fraction of sp³-hybridized carbons (Fsp3) is 0.471. The molecule has 0 radical (unpaired) electrons. The summed E-state index contributed by atoms with van der Waals surface area (Å²) >= 11 is 0. The highest BCUT2D eigenvalue weighted by molar-refractivity contribution is 5.76. The molecule has 1 N–H and O–H groups in total. The highest BCUT2D eigenvalue weighted by Crippen LogP contribution is 2.21. The van der Waals surface area contributed by atoms with E-state index in [1.165, 1.54) is 6.20 Å². The number of hydrogen-bond acceptors (Lipinski definition) is 7. The monoisotopic (exact) mass is 374 g/mol. The summed E-state index contributed by atoms with van der Waals surface area (Å²) in [5.74, 6) is 0.454. The Morgan fingerprint density at radius 2 is 2.07 bits per heavy atom. The summed E-state index contributed by atoms with van der Waals surface area (Å²) in [5.41, 5.74) is 1.12. The zero-order chi connectivity index (χ0) is 19.6. The van der Waals surface area contributed by atoms with Crippen molar-refractivity contribution >= 4 is 23.1 Å². The summed E-state index contributed by atoms with van der Waals surface area (Å²) in [5, 5.41) is 18.1. The lowest BCUT2D eigenvalue weighted by molar-refractivity contribution is -0.385. The molecule has 1 fully saturated rings. The lowest BCUT2D eigenvalue weighted by atomic mass is 10.2. The van der Waals surface area contributed by atoms with E-state index in [9.17, 15) is 14.9 Å². The zero-order valence-corrected chi connectivity index (χ0v) is 15.5. The van der Waals surface area contributed by atoms with Gasteiger partial charge in [-0.1, -0.05) is 0 Å². The molecular weight excluding hydrogens is 352 g/mol. The Balaban J connectivity index is 1.62. The minimum Gasteiger partial charge on any atom is -0.372 e. The van der Waals surface area contributed by atoms with Gasteiger partial charge in [-0.05, 0) is 26.8 Å². The maximum atomic E-state index is 12.5. The normalized spacial score (nSPS) is 19.7. The van der Waals surface area contributed by atoms with Crippen LogP contribution >= 0.6 is 0 Å². The second kappa shape index (κ2) is 7.70. The first-order chi connectivity index (χ1) is 12.8. The van der Waals surface area contributed by atoms with Crippen LogP contribution in [0.4, 0.5) is 17.2 Å². The number of anilines is 2. The summed E-state index contributed by atoms with van der Waals surface area (Å²) in [6.07, 6.45) is 4.53. The molecule has 2 unspecified atom stereocenters. The van der Waals surface area contributed by atoms with Gasteiger partial charge in [-0.25, -0.2) is 4.98 Å². The largest absolute Gasteiger partial charge is 0.372 e. The van der Waals surface area contributed by atoms with Crippen molar-refractivity contribution in [3.8, 4) is 0 Å². The van der Waals surface area contributed by atoms with Crippen LogP contribution in [-0.4, -0.2) is 55.8 Å². The van der Waals surface area contributed by atoms with Gasteiger partial charge in [-0.2, -0.15) is 5.10 Å². The second-order valence-corrected chi connectivity index (χ2v) is 6.72. The molecule has 3 heterocycles. The Kier molecular flexibility index (Phi) is 5.36. The van der Waals surface area contributed by atoms with Crippen LogP contribution in [0.15, 0.2) is 24.7 Å². The van der Waals surface area contributed by atoms with Crippen LogP contribution in [0.5, 0.6) is 0 Å². The Morgan fingerprint density at radius 1 is 1.37 bits per heavy atom. The number of ether oxygens (including phenoxy) is 1. The molecule has 144 valence electrons. The van der Waals surface area contributed by atoms with E-state index in [-0.39, 0.29) is 30.3 Å². The van der Waals surface area contributed by atoms with Crippen LogP contribution in [0.1, 0.15) is 19.4 Å². The van der Waals surface area contributed by atoms with Crippen molar-refractivity contribution in [1.29, 1.82) is 0 Å². The number of hydrogen-bond donors (Lipinski definition) is 1. The van der Waals surface area contributed by atoms with Gasteiger partial charge in [0.05, 0.1) is 29.0 Å². The van der Waals surface area contributed by atoms with E-state index in [1.54, 1.807) is 35.0 Å². The molecule has 0 spiro atoms. The van der Waals surface area contributed by atoms with Gasteiger partial charge < -0.3 is 15.0 Å². The van der Waals surface area contributed by atoms with Crippen molar-refractivity contribution in [2.24, 2.45) is 0 Å². The maximum absolute atomic E-state index is 12.5. The fourth-order valence-electron chi connectivity index (χ4n) is 3.09. The number of rotatable bonds is 5. The molecule has 2 aromatic heterocycles. The van der Waals surface area contributed by atoms with Gasteiger partial charge in [0.1, 0.15) is 18.6 Å². The van der Waals surface area contributed by atoms with Crippen LogP contribution in [0, 0.1) is 17.0 Å². The zero-order valence-electron chi connectivity index (χ0n) is 15.5. The van der Waals surface area contributed by atoms with E-state index in [0.29, 0.717) is 30.2 Å². The summed E-state index contributed by atoms with van der Waals surface area (Å²) in [4.78, 5) is 28.7. The first-order valence-corrected chi connectivity index (χ1v) is 8.65. The average molecular weight is 374 g/mol. The number of nitrogens with zero attached hydrogens (tertiary/aromatic N) is 5. The van der Waals surface area contributed by atoms with Crippen molar-refractivity contribution in [2.75, 3.05) is 18.4 Å². The minimum absolute atomic E-state index is 0.0176. The predicted molar refractivity (Wildman–Crippen MR) is 97.7 cm³/mol. The summed E-state index contributed by atoms with van der Waals surface area (Å²) in [7, 11) is 0. The molecule has 10 heteroatoms. The van der Waals surface area contributed by atoms with Gasteiger partial charge in [-0.3, -0.25) is 19.6 Å². The average Bonchev–Trinajstić information content (AvgIpc) is 3.00. The van der Waals surface area contributed by atoms with Crippen LogP contribution in [-0.2, 0) is 16.1 Å². The molecule has 27 heavy (non-hydrogen) atoms. The van der Waals surface area contributed by atoms with Crippen molar-refractivity contribution in [1.82, 2.24) is 19.7 Å². The molecule has 1 aliphatic heterocycles. The van der Waals surface area contributed by atoms with Gasteiger partial charge in [0.15, 0.2) is 0 Å². The molecule has 0 bridgehead atoms. The van der Waals surface area contributed by atoms with Crippen molar-refractivity contribution in [3.05, 3.63) is 40.3 Å². The molecular formula is C17H22N6O4. The van der Waals surface area contributed by atoms with Crippen molar-refractivity contribution in [2.45, 2.75) is 39.5 Å². The molecule has 2 atom stereocenters. The Hall–Kier alpha value is -3.01. The molecule has 1 aliphatic rings. The number of nitro groups is 1. The lowest BCUT2D eigenvalue weighted by Gasteiger charge is -2.35. The van der Waals surface area contributed by atoms with Crippen molar-refractivity contribution in [3.63, 3.8) is 0 Å². The predicted octanol–water partition coefficient (Wildman–Crippen LogP) is 1.87. The maximum Gasteiger partial charge on any atom is 0.290 e. The number of aryl methyl sites for hydroxylation is 1. The smallest absolute Gasteiger partial charge is 0.290 e. The third-order valence-corrected chi connectivity index (χ3v) is 4.26. The van der Waals surface area contributed by atoms with Crippen LogP contribution in [0.3, 0.4) is 0 Å². The highest BCUT2D eigenvalue weighted by Gasteiger charge is 2.26. The van der Waals surface area contributed by atoms with Crippen LogP contribution < -0.4 is 5.32 Å². The standard InChI is InChI=1S/C17H22N6O4/c1-11-4-16(18-6-15(11)23(25)26)20-14-5-19-22(9-14)10-17(24)21-7-12(2)27-13(3)8-21/h4-6,9,12-13H,7-8,10H2,1-3H3,(H,18,20).